The number of hydrogen-bond donors (Lipinski definition) is 2. The summed E-state index contributed by atoms with van der Waals surface area (Å²) in [6, 6.07) is 10.2. The van der Waals surface area contributed by atoms with E-state index in [1.54, 1.807) is 6.07 Å². The third kappa shape index (κ3) is 6.40. The minimum absolute atomic E-state index is 0.215. The molecule has 244 valence electrons. The van der Waals surface area contributed by atoms with Crippen molar-refractivity contribution in [1.82, 2.24) is 30.0 Å². The van der Waals surface area contributed by atoms with E-state index in [2.05, 4.69) is 36.3 Å². The zero-order chi connectivity index (χ0) is 31.8. The van der Waals surface area contributed by atoms with E-state index in [-0.39, 0.29) is 11.8 Å². The predicted molar refractivity (Wildman–Crippen MR) is 177 cm³/mol. The van der Waals surface area contributed by atoms with E-state index < -0.39 is 5.60 Å². The average molecular weight is 628 g/mol. The van der Waals surface area contributed by atoms with Gasteiger partial charge in [0.2, 0.25) is 5.95 Å². The number of amides is 1. The first-order valence-corrected chi connectivity index (χ1v) is 16.7. The van der Waals surface area contributed by atoms with Crippen LogP contribution in [0.15, 0.2) is 42.7 Å². The van der Waals surface area contributed by atoms with Crippen LogP contribution in [0, 0.1) is 0 Å². The highest BCUT2D eigenvalue weighted by Crippen LogP contribution is 2.37. The summed E-state index contributed by atoms with van der Waals surface area (Å²) in [7, 11) is 0. The molecule has 1 atom stereocenters. The van der Waals surface area contributed by atoms with Gasteiger partial charge in [-0.3, -0.25) is 4.90 Å². The summed E-state index contributed by atoms with van der Waals surface area (Å²) in [5.41, 5.74) is 3.13. The lowest BCUT2D eigenvalue weighted by Gasteiger charge is -2.49. The molecule has 1 aromatic carbocycles. The molecule has 7 rings (SSSR count). The van der Waals surface area contributed by atoms with E-state index in [1.807, 2.05) is 56.3 Å². The number of piperazine rings is 1. The number of piperidine rings is 2. The summed E-state index contributed by atoms with van der Waals surface area (Å²) in [6.07, 6.45) is 7.73. The molecule has 2 aromatic heterocycles. The fraction of sp³-hybridized carbons (Fsp3) is 0.559. The molecule has 0 spiro atoms. The number of carbonyl (C=O) groups excluding carboxylic acids is 1. The number of rotatable bonds is 4. The molecule has 3 aromatic rings. The van der Waals surface area contributed by atoms with Gasteiger partial charge in [-0.2, -0.15) is 0 Å². The Labute approximate surface area is 270 Å². The maximum Gasteiger partial charge on any atom is 0.410 e. The van der Waals surface area contributed by atoms with Crippen LogP contribution in [0.5, 0.6) is 5.75 Å². The lowest BCUT2D eigenvalue weighted by atomic mass is 9.91. The van der Waals surface area contributed by atoms with Crippen molar-refractivity contribution in [2.45, 2.75) is 70.1 Å². The molecule has 4 aliphatic rings. The Balaban J connectivity index is 0.908. The van der Waals surface area contributed by atoms with Crippen molar-refractivity contribution in [3.8, 4) is 17.0 Å². The van der Waals surface area contributed by atoms with Crippen LogP contribution in [0.2, 0.25) is 0 Å². The summed E-state index contributed by atoms with van der Waals surface area (Å²) in [5, 5.41) is 22.7. The largest absolute Gasteiger partial charge is 0.507 e. The number of aromatic nitrogens is 4. The van der Waals surface area contributed by atoms with Crippen LogP contribution in [0.4, 0.5) is 22.2 Å². The van der Waals surface area contributed by atoms with Crippen LogP contribution in [0.25, 0.3) is 11.3 Å². The molecule has 0 saturated carbocycles. The second kappa shape index (κ2) is 12.5. The molecule has 3 fully saturated rings. The lowest BCUT2D eigenvalue weighted by molar-refractivity contribution is 0.0204. The molecule has 0 unspecified atom stereocenters. The second-order valence-corrected chi connectivity index (χ2v) is 14.0. The number of phenols is 1. The number of para-hydroxylation sites is 1. The van der Waals surface area contributed by atoms with Crippen LogP contribution in [-0.4, -0.2) is 111 Å². The topological polar surface area (TPSA) is 123 Å². The molecular weight excluding hydrogens is 582 g/mol. The van der Waals surface area contributed by atoms with Crippen molar-refractivity contribution in [3.63, 3.8) is 0 Å². The fourth-order valence-electron chi connectivity index (χ4n) is 7.32. The maximum atomic E-state index is 12.4. The number of nitrogens with zero attached hydrogens (tertiary/aromatic N) is 8. The number of ether oxygens (including phenoxy) is 1. The number of carbonyl (C=O) groups is 1. The van der Waals surface area contributed by atoms with Gasteiger partial charge in [-0.25, -0.2) is 14.8 Å². The summed E-state index contributed by atoms with van der Waals surface area (Å²) in [6.45, 7) is 12.8. The molecule has 46 heavy (non-hydrogen) atoms. The summed E-state index contributed by atoms with van der Waals surface area (Å²) < 4.78 is 5.54. The first kappa shape index (κ1) is 30.5. The predicted octanol–water partition coefficient (Wildman–Crippen LogP) is 4.34. The molecule has 12 heteroatoms. The smallest absolute Gasteiger partial charge is 0.410 e. The van der Waals surface area contributed by atoms with Crippen molar-refractivity contribution < 1.29 is 14.6 Å². The number of nitrogens with one attached hydrogen (secondary N) is 1. The lowest BCUT2D eigenvalue weighted by Crippen LogP contribution is -2.61. The normalized spacial score (nSPS) is 21.4. The first-order chi connectivity index (χ1) is 22.2. The molecule has 2 N–H and O–H groups in total. The highest BCUT2D eigenvalue weighted by molar-refractivity contribution is 5.76. The number of anilines is 3. The average Bonchev–Trinajstić information content (AvgIpc) is 3.07. The molecule has 0 radical (unpaired) electrons. The van der Waals surface area contributed by atoms with Gasteiger partial charge >= 0.3 is 6.09 Å². The molecule has 12 nitrogen and oxygen atoms in total. The SMILES string of the molecule is CC(C)(C)OC(=O)N1CCC(c2cnc(N3CCC(N4CCN5c6cc(-c7ccccc7O)nnc6NC[C@H]5C4)CC3)nc2)CC1. The van der Waals surface area contributed by atoms with E-state index in [0.717, 1.165) is 88.0 Å². The monoisotopic (exact) mass is 627 g/mol. The Bertz CT molecular complexity index is 1530. The van der Waals surface area contributed by atoms with E-state index in [1.165, 1.54) is 0 Å². The Morgan fingerprint density at radius 3 is 2.39 bits per heavy atom. The van der Waals surface area contributed by atoms with Crippen molar-refractivity contribution in [3.05, 3.63) is 48.3 Å². The second-order valence-electron chi connectivity index (χ2n) is 14.0. The highest BCUT2D eigenvalue weighted by atomic mass is 16.6. The number of aromatic hydroxyl groups is 1. The van der Waals surface area contributed by atoms with Crippen LogP contribution >= 0.6 is 0 Å². The quantitative estimate of drug-likeness (QED) is 0.430. The number of fused-ring (bicyclic) bond motifs is 3. The van der Waals surface area contributed by atoms with E-state index in [9.17, 15) is 9.90 Å². The molecule has 3 saturated heterocycles. The van der Waals surface area contributed by atoms with Crippen LogP contribution < -0.4 is 15.1 Å². The zero-order valence-corrected chi connectivity index (χ0v) is 27.1. The maximum absolute atomic E-state index is 12.4. The van der Waals surface area contributed by atoms with Gasteiger partial charge in [-0.05, 0) is 76.1 Å². The number of likely N-dealkylation sites (tertiary alicyclic amines) is 1. The minimum Gasteiger partial charge on any atom is -0.507 e. The first-order valence-electron chi connectivity index (χ1n) is 16.7. The number of benzene rings is 1. The molecular formula is C34H45N9O3. The molecule has 0 aliphatic carbocycles. The minimum atomic E-state index is -0.475. The Hall–Kier alpha value is -4.19. The summed E-state index contributed by atoms with van der Waals surface area (Å²) in [4.78, 5) is 31.3. The van der Waals surface area contributed by atoms with Crippen molar-refractivity contribution >= 4 is 23.5 Å². The molecule has 6 heterocycles. The van der Waals surface area contributed by atoms with E-state index >= 15 is 0 Å². The Kier molecular flexibility index (Phi) is 8.31. The van der Waals surface area contributed by atoms with Gasteiger partial charge < -0.3 is 29.9 Å². The highest BCUT2D eigenvalue weighted by Gasteiger charge is 2.36. The Morgan fingerprint density at radius 2 is 1.67 bits per heavy atom. The third-order valence-electron chi connectivity index (χ3n) is 9.82. The number of hydrogen-bond acceptors (Lipinski definition) is 11. The van der Waals surface area contributed by atoms with Crippen LogP contribution in [0.1, 0.15) is 57.9 Å². The summed E-state index contributed by atoms with van der Waals surface area (Å²) >= 11 is 0. The molecule has 4 aliphatic heterocycles. The third-order valence-corrected chi connectivity index (χ3v) is 9.82. The standard InChI is InChI=1S/C34H45N9O3/c1-34(2,3)46-33(45)41-12-8-23(9-13-41)24-19-36-32(37-20-24)40-14-10-25(11-15-40)42-16-17-43-26(22-42)21-35-31-29(43)18-28(38-39-31)27-6-4-5-7-30(27)44/h4-7,18-20,23,25-26,44H,8-17,21-22H2,1-3H3,(H,35,39)/t26-/m0/s1. The van der Waals surface area contributed by atoms with Gasteiger partial charge in [0, 0.05) is 76.4 Å². The molecule has 1 amide bonds. The Morgan fingerprint density at radius 1 is 0.935 bits per heavy atom. The van der Waals surface area contributed by atoms with Crippen molar-refractivity contribution in [2.75, 3.05) is 67.5 Å². The van der Waals surface area contributed by atoms with E-state index in [0.29, 0.717) is 42.3 Å². The van der Waals surface area contributed by atoms with Gasteiger partial charge in [0.25, 0.3) is 0 Å². The summed E-state index contributed by atoms with van der Waals surface area (Å²) in [5.74, 6) is 2.21. The van der Waals surface area contributed by atoms with Gasteiger partial charge in [-0.1, -0.05) is 12.1 Å². The van der Waals surface area contributed by atoms with Gasteiger partial charge in [-0.15, -0.1) is 10.2 Å². The van der Waals surface area contributed by atoms with E-state index in [4.69, 9.17) is 14.7 Å². The van der Waals surface area contributed by atoms with Gasteiger partial charge in [0.15, 0.2) is 5.82 Å². The van der Waals surface area contributed by atoms with Crippen LogP contribution in [0.3, 0.4) is 0 Å². The van der Waals surface area contributed by atoms with Gasteiger partial charge in [0.1, 0.15) is 11.4 Å². The van der Waals surface area contributed by atoms with Gasteiger partial charge in [0.05, 0.1) is 17.4 Å². The van der Waals surface area contributed by atoms with Crippen LogP contribution in [-0.2, 0) is 4.74 Å². The number of phenolic OH excluding ortho intramolecular Hbond substituents is 1. The zero-order valence-electron chi connectivity index (χ0n) is 27.1. The molecule has 0 bridgehead atoms. The van der Waals surface area contributed by atoms with Crippen molar-refractivity contribution in [2.24, 2.45) is 0 Å². The fourth-order valence-corrected chi connectivity index (χ4v) is 7.32. The van der Waals surface area contributed by atoms with Crippen molar-refractivity contribution in [1.29, 1.82) is 0 Å².